The lowest BCUT2D eigenvalue weighted by Gasteiger charge is -2.13. The van der Waals surface area contributed by atoms with Gasteiger partial charge in [0.1, 0.15) is 0 Å². The molecular weight excluding hydrogens is 212 g/mol. The van der Waals surface area contributed by atoms with Gasteiger partial charge in [0.15, 0.2) is 0 Å². The van der Waals surface area contributed by atoms with E-state index in [1.807, 2.05) is 12.1 Å². The first-order valence-corrected chi connectivity index (χ1v) is 6.12. The van der Waals surface area contributed by atoms with Crippen molar-refractivity contribution in [3.05, 3.63) is 35.4 Å². The summed E-state index contributed by atoms with van der Waals surface area (Å²) in [5, 5.41) is 6.00. The first kappa shape index (κ1) is 11.8. The first-order valence-electron chi connectivity index (χ1n) is 6.12. The van der Waals surface area contributed by atoms with Crippen LogP contribution in [-0.4, -0.2) is 16.6 Å². The lowest BCUT2D eigenvalue weighted by Crippen LogP contribution is -2.20. The zero-order valence-electron chi connectivity index (χ0n) is 10.4. The fourth-order valence-electron chi connectivity index (χ4n) is 2.03. The van der Waals surface area contributed by atoms with E-state index in [2.05, 4.69) is 31.1 Å². The van der Waals surface area contributed by atoms with Crippen LogP contribution in [0, 0.1) is 6.92 Å². The minimum atomic E-state index is 0.122. The summed E-state index contributed by atoms with van der Waals surface area (Å²) < 4.78 is 0. The molecule has 1 amide bonds. The van der Waals surface area contributed by atoms with Crippen molar-refractivity contribution in [1.82, 2.24) is 5.01 Å². The summed E-state index contributed by atoms with van der Waals surface area (Å²) in [6.45, 7) is 4.77. The van der Waals surface area contributed by atoms with Gasteiger partial charge in [-0.3, -0.25) is 4.79 Å². The van der Waals surface area contributed by atoms with Gasteiger partial charge in [-0.2, -0.15) is 5.10 Å². The van der Waals surface area contributed by atoms with Gasteiger partial charge in [-0.05, 0) is 24.5 Å². The summed E-state index contributed by atoms with van der Waals surface area (Å²) in [6, 6.07) is 8.12. The molecule has 0 aromatic heterocycles. The van der Waals surface area contributed by atoms with E-state index in [1.165, 1.54) is 11.1 Å². The number of benzene rings is 1. The Morgan fingerprint density at radius 3 is 2.82 bits per heavy atom. The van der Waals surface area contributed by atoms with Crippen molar-refractivity contribution in [3.8, 4) is 0 Å². The van der Waals surface area contributed by atoms with Gasteiger partial charge < -0.3 is 0 Å². The maximum absolute atomic E-state index is 11.8. The van der Waals surface area contributed by atoms with E-state index in [0.29, 0.717) is 13.0 Å². The Bertz CT molecular complexity index is 451. The molecule has 2 rings (SSSR count). The monoisotopic (exact) mass is 230 g/mol. The number of amides is 1. The predicted octanol–water partition coefficient (Wildman–Crippen LogP) is 2.88. The highest BCUT2D eigenvalue weighted by molar-refractivity contribution is 6.04. The van der Waals surface area contributed by atoms with Gasteiger partial charge in [-0.15, -0.1) is 0 Å². The fraction of sp³-hybridized carbons (Fsp3) is 0.429. The molecule has 90 valence electrons. The molecule has 0 spiro atoms. The fourth-order valence-corrected chi connectivity index (χ4v) is 2.03. The van der Waals surface area contributed by atoms with Crippen molar-refractivity contribution in [2.45, 2.75) is 39.7 Å². The summed E-state index contributed by atoms with van der Waals surface area (Å²) in [5.41, 5.74) is 3.40. The van der Waals surface area contributed by atoms with Crippen LogP contribution in [0.3, 0.4) is 0 Å². The summed E-state index contributed by atoms with van der Waals surface area (Å²) in [5.74, 6) is 0.122. The van der Waals surface area contributed by atoms with Crippen molar-refractivity contribution in [1.29, 1.82) is 0 Å². The van der Waals surface area contributed by atoms with E-state index < -0.39 is 0 Å². The number of aryl methyl sites for hydroxylation is 1. The van der Waals surface area contributed by atoms with Gasteiger partial charge in [0.25, 0.3) is 0 Å². The third kappa shape index (κ3) is 2.73. The zero-order valence-corrected chi connectivity index (χ0v) is 10.4. The number of nitrogens with zero attached hydrogens (tertiary/aromatic N) is 2. The third-order valence-electron chi connectivity index (χ3n) is 3.03. The zero-order chi connectivity index (χ0) is 12.3. The molecule has 0 unspecified atom stereocenters. The second kappa shape index (κ2) is 5.13. The summed E-state index contributed by atoms with van der Waals surface area (Å²) in [6.07, 6.45) is 2.47. The van der Waals surface area contributed by atoms with Gasteiger partial charge in [0.05, 0.1) is 13.0 Å². The van der Waals surface area contributed by atoms with Crippen molar-refractivity contribution < 1.29 is 4.79 Å². The van der Waals surface area contributed by atoms with Gasteiger partial charge in [0, 0.05) is 5.71 Å². The molecule has 0 atom stereocenters. The van der Waals surface area contributed by atoms with Crippen molar-refractivity contribution in [2.24, 2.45) is 5.10 Å². The van der Waals surface area contributed by atoms with Crippen LogP contribution >= 0.6 is 0 Å². The van der Waals surface area contributed by atoms with E-state index in [9.17, 15) is 4.79 Å². The second-order valence-electron chi connectivity index (χ2n) is 4.47. The van der Waals surface area contributed by atoms with Gasteiger partial charge in [-0.1, -0.05) is 37.6 Å². The topological polar surface area (TPSA) is 32.7 Å². The highest BCUT2D eigenvalue weighted by atomic mass is 16.2. The molecule has 0 radical (unpaired) electrons. The Morgan fingerprint density at radius 1 is 1.35 bits per heavy atom. The Labute approximate surface area is 102 Å². The van der Waals surface area contributed by atoms with Crippen molar-refractivity contribution in [3.63, 3.8) is 0 Å². The maximum Gasteiger partial charge on any atom is 0.248 e. The Kier molecular flexibility index (Phi) is 3.57. The Balaban J connectivity index is 2.09. The van der Waals surface area contributed by atoms with Gasteiger partial charge in [0.2, 0.25) is 5.91 Å². The molecule has 3 heteroatoms. The standard InChI is InChI=1S/C14H18N2O/c1-3-6-13-9-14(17)16(15-13)10-12-8-5-4-7-11(12)2/h4-5,7-8H,3,6,9-10H2,1-2H3. The number of hydrazone groups is 1. The van der Waals surface area contributed by atoms with Crippen LogP contribution in [0.5, 0.6) is 0 Å². The third-order valence-corrected chi connectivity index (χ3v) is 3.03. The SMILES string of the molecule is CCCC1=NN(Cc2ccccc2C)C(=O)C1. The molecule has 0 fully saturated rings. The van der Waals surface area contributed by atoms with E-state index >= 15 is 0 Å². The largest absolute Gasteiger partial charge is 0.273 e. The number of hydrogen-bond donors (Lipinski definition) is 0. The van der Waals surface area contributed by atoms with Crippen molar-refractivity contribution in [2.75, 3.05) is 0 Å². The lowest BCUT2D eigenvalue weighted by atomic mass is 10.1. The molecule has 1 aliphatic heterocycles. The van der Waals surface area contributed by atoms with Crippen molar-refractivity contribution >= 4 is 11.6 Å². The number of carbonyl (C=O) groups excluding carboxylic acids is 1. The molecule has 0 saturated carbocycles. The molecule has 0 bridgehead atoms. The molecule has 1 aromatic rings. The molecular formula is C14H18N2O. The average molecular weight is 230 g/mol. The van der Waals surface area contributed by atoms with Crippen LogP contribution in [0.2, 0.25) is 0 Å². The van der Waals surface area contributed by atoms with Crippen LogP contribution in [0.4, 0.5) is 0 Å². The molecule has 0 saturated heterocycles. The molecule has 3 nitrogen and oxygen atoms in total. The Hall–Kier alpha value is -1.64. The molecule has 0 N–H and O–H groups in total. The maximum atomic E-state index is 11.8. The number of hydrogen-bond acceptors (Lipinski definition) is 2. The molecule has 1 heterocycles. The summed E-state index contributed by atoms with van der Waals surface area (Å²) in [7, 11) is 0. The number of carbonyl (C=O) groups is 1. The van der Waals surface area contributed by atoms with Crippen LogP contribution in [0.25, 0.3) is 0 Å². The minimum Gasteiger partial charge on any atom is -0.273 e. The second-order valence-corrected chi connectivity index (χ2v) is 4.47. The molecule has 0 aliphatic carbocycles. The lowest BCUT2D eigenvalue weighted by molar-refractivity contribution is -0.129. The molecule has 17 heavy (non-hydrogen) atoms. The average Bonchev–Trinajstić information content (AvgIpc) is 2.63. The highest BCUT2D eigenvalue weighted by Crippen LogP contribution is 2.17. The first-order chi connectivity index (χ1) is 8.20. The van der Waals surface area contributed by atoms with E-state index in [-0.39, 0.29) is 5.91 Å². The highest BCUT2D eigenvalue weighted by Gasteiger charge is 2.23. The smallest absolute Gasteiger partial charge is 0.248 e. The number of rotatable bonds is 4. The van der Waals surface area contributed by atoms with Crippen LogP contribution in [0.1, 0.15) is 37.3 Å². The van der Waals surface area contributed by atoms with E-state index in [1.54, 1.807) is 5.01 Å². The van der Waals surface area contributed by atoms with Gasteiger partial charge in [-0.25, -0.2) is 5.01 Å². The predicted molar refractivity (Wildman–Crippen MR) is 68.7 cm³/mol. The van der Waals surface area contributed by atoms with Gasteiger partial charge >= 0.3 is 0 Å². The Morgan fingerprint density at radius 2 is 2.12 bits per heavy atom. The quantitative estimate of drug-likeness (QED) is 0.782. The summed E-state index contributed by atoms with van der Waals surface area (Å²) in [4.78, 5) is 11.8. The van der Waals surface area contributed by atoms with Crippen LogP contribution < -0.4 is 0 Å². The summed E-state index contributed by atoms with van der Waals surface area (Å²) >= 11 is 0. The minimum absolute atomic E-state index is 0.122. The van der Waals surface area contributed by atoms with E-state index in [4.69, 9.17) is 0 Å². The van der Waals surface area contributed by atoms with Crippen LogP contribution in [-0.2, 0) is 11.3 Å². The molecule has 1 aliphatic rings. The van der Waals surface area contributed by atoms with Crippen LogP contribution in [0.15, 0.2) is 29.4 Å². The van der Waals surface area contributed by atoms with E-state index in [0.717, 1.165) is 18.6 Å². The normalized spacial score (nSPS) is 15.3. The molecule has 1 aromatic carbocycles.